The van der Waals surface area contributed by atoms with Gasteiger partial charge in [-0.1, -0.05) is 67.8 Å². The van der Waals surface area contributed by atoms with E-state index in [2.05, 4.69) is 48.5 Å². The molecule has 3 heterocycles. The lowest BCUT2D eigenvalue weighted by Crippen LogP contribution is -2.52. The normalized spacial score (nSPS) is 18.8. The molecule has 0 bridgehead atoms. The van der Waals surface area contributed by atoms with Gasteiger partial charge in [-0.3, -0.25) is 14.6 Å². The predicted molar refractivity (Wildman–Crippen MR) is 145 cm³/mol. The van der Waals surface area contributed by atoms with Crippen LogP contribution in [0, 0.1) is 6.92 Å². The number of H-pyrrole nitrogens is 1. The number of benzene rings is 2. The van der Waals surface area contributed by atoms with Gasteiger partial charge in [0.2, 0.25) is 0 Å². The Morgan fingerprint density at radius 1 is 0.973 bits per heavy atom. The summed E-state index contributed by atoms with van der Waals surface area (Å²) in [6.07, 6.45) is 6.67. The van der Waals surface area contributed by atoms with Crippen molar-refractivity contribution in [1.82, 2.24) is 35.0 Å². The smallest absolute Gasteiger partial charge is 0.253 e. The molecular weight excluding hydrogens is 462 g/mol. The SMILES string of the molecule is Cc1cccc2cc(C(c3nnnn3Cc3ccccc3)N3CCN(C4CCCCC4)CC3)c(=O)[nH]c12. The number of rotatable bonds is 6. The number of hydrogen-bond donors (Lipinski definition) is 1. The third-order valence-electron chi connectivity index (χ3n) is 8.20. The molecule has 8 nitrogen and oxygen atoms in total. The van der Waals surface area contributed by atoms with Crippen molar-refractivity contribution in [3.8, 4) is 0 Å². The van der Waals surface area contributed by atoms with Gasteiger partial charge < -0.3 is 4.98 Å². The van der Waals surface area contributed by atoms with Crippen molar-refractivity contribution in [2.45, 2.75) is 57.7 Å². The van der Waals surface area contributed by atoms with Crippen molar-refractivity contribution in [3.63, 3.8) is 0 Å². The summed E-state index contributed by atoms with van der Waals surface area (Å²) < 4.78 is 1.85. The Morgan fingerprint density at radius 3 is 2.54 bits per heavy atom. The monoisotopic (exact) mass is 497 g/mol. The minimum absolute atomic E-state index is 0.0734. The van der Waals surface area contributed by atoms with Crippen LogP contribution in [-0.2, 0) is 6.54 Å². The van der Waals surface area contributed by atoms with Crippen molar-refractivity contribution in [3.05, 3.63) is 87.5 Å². The molecule has 0 spiro atoms. The predicted octanol–water partition coefficient (Wildman–Crippen LogP) is 3.91. The van der Waals surface area contributed by atoms with Crippen LogP contribution < -0.4 is 5.56 Å². The van der Waals surface area contributed by atoms with E-state index in [4.69, 9.17) is 0 Å². The Bertz CT molecular complexity index is 1400. The molecule has 1 N–H and O–H groups in total. The van der Waals surface area contributed by atoms with E-state index in [1.807, 2.05) is 48.0 Å². The van der Waals surface area contributed by atoms with E-state index < -0.39 is 0 Å². The highest BCUT2D eigenvalue weighted by atomic mass is 16.1. The first-order valence-corrected chi connectivity index (χ1v) is 13.6. The third-order valence-corrected chi connectivity index (χ3v) is 8.20. The number of aromatic amines is 1. The van der Waals surface area contributed by atoms with Gasteiger partial charge in [0.1, 0.15) is 6.04 Å². The number of aromatic nitrogens is 5. The Hall–Kier alpha value is -3.36. The summed E-state index contributed by atoms with van der Waals surface area (Å²) in [5.41, 5.74) is 3.71. The highest BCUT2D eigenvalue weighted by Crippen LogP contribution is 2.30. The second kappa shape index (κ2) is 10.6. The van der Waals surface area contributed by atoms with Crippen LogP contribution in [0.4, 0.5) is 0 Å². The highest BCUT2D eigenvalue weighted by molar-refractivity contribution is 5.82. The van der Waals surface area contributed by atoms with Gasteiger partial charge in [-0.2, -0.15) is 0 Å². The maximum atomic E-state index is 13.6. The van der Waals surface area contributed by atoms with E-state index >= 15 is 0 Å². The van der Waals surface area contributed by atoms with Crippen molar-refractivity contribution in [2.75, 3.05) is 26.2 Å². The molecule has 6 rings (SSSR count). The first-order valence-electron chi connectivity index (χ1n) is 13.6. The fourth-order valence-corrected chi connectivity index (χ4v) is 6.19. The van der Waals surface area contributed by atoms with Gasteiger partial charge in [0.25, 0.3) is 5.56 Å². The fourth-order valence-electron chi connectivity index (χ4n) is 6.19. The molecule has 2 aromatic heterocycles. The molecule has 0 radical (unpaired) electrons. The lowest BCUT2D eigenvalue weighted by atomic mass is 9.93. The molecule has 2 fully saturated rings. The highest BCUT2D eigenvalue weighted by Gasteiger charge is 2.34. The van der Waals surface area contributed by atoms with Crippen LogP contribution in [0.25, 0.3) is 10.9 Å². The zero-order valence-electron chi connectivity index (χ0n) is 21.5. The van der Waals surface area contributed by atoms with Gasteiger partial charge in [-0.15, -0.1) is 5.10 Å². The zero-order chi connectivity index (χ0) is 25.2. The number of tetrazole rings is 1. The van der Waals surface area contributed by atoms with Crippen molar-refractivity contribution in [2.24, 2.45) is 0 Å². The number of nitrogens with one attached hydrogen (secondary N) is 1. The average molecular weight is 498 g/mol. The van der Waals surface area contributed by atoms with Crippen molar-refractivity contribution < 1.29 is 0 Å². The van der Waals surface area contributed by atoms with E-state index in [-0.39, 0.29) is 11.6 Å². The summed E-state index contributed by atoms with van der Waals surface area (Å²) in [5.74, 6) is 0.715. The molecular formula is C29H35N7O. The van der Waals surface area contributed by atoms with Crippen LogP contribution in [0.3, 0.4) is 0 Å². The minimum atomic E-state index is -0.319. The van der Waals surface area contributed by atoms with Gasteiger partial charge >= 0.3 is 0 Å². The maximum Gasteiger partial charge on any atom is 0.253 e. The molecule has 0 amide bonds. The molecule has 2 aromatic carbocycles. The number of piperazine rings is 1. The summed E-state index contributed by atoms with van der Waals surface area (Å²) in [6, 6.07) is 18.8. The number of nitrogens with zero attached hydrogens (tertiary/aromatic N) is 6. The molecule has 1 atom stereocenters. The van der Waals surface area contributed by atoms with Crippen LogP contribution in [0.1, 0.15) is 60.7 Å². The van der Waals surface area contributed by atoms with Gasteiger partial charge in [0.05, 0.1) is 12.1 Å². The van der Waals surface area contributed by atoms with Crippen LogP contribution in [-0.4, -0.2) is 67.2 Å². The molecule has 2 aliphatic rings. The Labute approximate surface area is 217 Å². The molecule has 1 saturated heterocycles. The summed E-state index contributed by atoms with van der Waals surface area (Å²) in [5, 5.41) is 14.0. The van der Waals surface area contributed by atoms with Crippen LogP contribution in [0.15, 0.2) is 59.4 Å². The van der Waals surface area contributed by atoms with E-state index in [1.165, 1.54) is 32.1 Å². The topological polar surface area (TPSA) is 82.9 Å². The van der Waals surface area contributed by atoms with E-state index in [0.29, 0.717) is 24.0 Å². The standard InChI is InChI=1S/C29H35N7O/c1-21-9-8-12-23-19-25(29(37)30-26(21)23)27(28-31-32-33-36(28)20-22-10-4-2-5-11-22)35-17-15-34(16-18-35)24-13-6-3-7-14-24/h2,4-5,8-12,19,24,27H,3,6-7,13-18,20H2,1H3,(H,30,37). The molecule has 1 aliphatic heterocycles. The minimum Gasteiger partial charge on any atom is -0.321 e. The van der Waals surface area contributed by atoms with Crippen LogP contribution in [0.2, 0.25) is 0 Å². The number of hydrogen-bond acceptors (Lipinski definition) is 6. The Morgan fingerprint density at radius 2 is 1.76 bits per heavy atom. The Kier molecular flexibility index (Phi) is 6.85. The molecule has 192 valence electrons. The van der Waals surface area contributed by atoms with Gasteiger partial charge in [0, 0.05) is 37.8 Å². The zero-order valence-corrected chi connectivity index (χ0v) is 21.5. The lowest BCUT2D eigenvalue weighted by molar-refractivity contribution is 0.0618. The van der Waals surface area contributed by atoms with Gasteiger partial charge in [-0.05, 0) is 52.8 Å². The Balaban J connectivity index is 1.37. The second-order valence-electron chi connectivity index (χ2n) is 10.5. The molecule has 1 aliphatic carbocycles. The quantitative estimate of drug-likeness (QED) is 0.435. The lowest BCUT2D eigenvalue weighted by Gasteiger charge is -2.43. The van der Waals surface area contributed by atoms with Gasteiger partial charge in [0.15, 0.2) is 5.82 Å². The van der Waals surface area contributed by atoms with Crippen LogP contribution in [0.5, 0.6) is 0 Å². The molecule has 4 aromatic rings. The maximum absolute atomic E-state index is 13.6. The molecule has 1 unspecified atom stereocenters. The summed E-state index contributed by atoms with van der Waals surface area (Å²) in [4.78, 5) is 21.8. The average Bonchev–Trinajstić information content (AvgIpc) is 3.39. The second-order valence-corrected chi connectivity index (χ2v) is 10.5. The number of aryl methyl sites for hydroxylation is 1. The van der Waals surface area contributed by atoms with E-state index in [9.17, 15) is 4.79 Å². The molecule has 1 saturated carbocycles. The van der Waals surface area contributed by atoms with Gasteiger partial charge in [-0.25, -0.2) is 4.68 Å². The molecule has 37 heavy (non-hydrogen) atoms. The number of para-hydroxylation sites is 1. The van der Waals surface area contributed by atoms with Crippen molar-refractivity contribution >= 4 is 10.9 Å². The number of fused-ring (bicyclic) bond motifs is 1. The largest absolute Gasteiger partial charge is 0.321 e. The first-order chi connectivity index (χ1) is 18.2. The van der Waals surface area contributed by atoms with E-state index in [1.54, 1.807) is 0 Å². The summed E-state index contributed by atoms with van der Waals surface area (Å²) in [7, 11) is 0. The third kappa shape index (κ3) is 4.95. The summed E-state index contributed by atoms with van der Waals surface area (Å²) >= 11 is 0. The van der Waals surface area contributed by atoms with E-state index in [0.717, 1.165) is 48.2 Å². The van der Waals surface area contributed by atoms with Crippen LogP contribution >= 0.6 is 0 Å². The first kappa shape index (κ1) is 24.0. The fraction of sp³-hybridized carbons (Fsp3) is 0.448. The number of pyridine rings is 1. The summed E-state index contributed by atoms with van der Waals surface area (Å²) in [6.45, 7) is 6.36. The van der Waals surface area contributed by atoms with Crippen molar-refractivity contribution in [1.29, 1.82) is 0 Å². The molecule has 8 heteroatoms.